The predicted molar refractivity (Wildman–Crippen MR) is 166 cm³/mol. The van der Waals surface area contributed by atoms with E-state index in [4.69, 9.17) is 19.6 Å². The lowest BCUT2D eigenvalue weighted by molar-refractivity contribution is 0.427. The molecule has 0 radical (unpaired) electrons. The lowest BCUT2D eigenvalue weighted by Crippen LogP contribution is -2.35. The van der Waals surface area contributed by atoms with Crippen molar-refractivity contribution in [2.45, 2.75) is 36.5 Å². The van der Waals surface area contributed by atoms with Gasteiger partial charge in [0.1, 0.15) is 22.9 Å². The van der Waals surface area contributed by atoms with Crippen molar-refractivity contribution in [2.75, 3.05) is 0 Å². The lowest BCUT2D eigenvalue weighted by Gasteiger charge is -2.40. The van der Waals surface area contributed by atoms with Gasteiger partial charge in [-0.25, -0.2) is 13.5 Å². The molecule has 1 saturated carbocycles. The molecule has 1 fully saturated rings. The van der Waals surface area contributed by atoms with Gasteiger partial charge in [0, 0.05) is 41.6 Å². The zero-order chi connectivity index (χ0) is 30.1. The lowest BCUT2D eigenvalue weighted by atomic mass is 9.65. The van der Waals surface area contributed by atoms with Crippen LogP contribution in [-0.2, 0) is 5.41 Å². The first kappa shape index (κ1) is 26.1. The van der Waals surface area contributed by atoms with Crippen molar-refractivity contribution >= 4 is 0 Å². The molecule has 2 bridgehead atoms. The summed E-state index contributed by atoms with van der Waals surface area (Å²) in [5.41, 5.74) is 5.06. The number of para-hydroxylation sites is 2. The number of aromatic nitrogens is 3. The first-order valence-electron chi connectivity index (χ1n) is 15.3. The molecule has 6 aromatic rings. The van der Waals surface area contributed by atoms with Crippen molar-refractivity contribution in [3.8, 4) is 28.7 Å². The van der Waals surface area contributed by atoms with Crippen LogP contribution in [0, 0.1) is 11.6 Å². The highest BCUT2D eigenvalue weighted by Gasteiger charge is 2.46. The van der Waals surface area contributed by atoms with E-state index < -0.39 is 17.0 Å². The fourth-order valence-electron chi connectivity index (χ4n) is 7.67. The maximum absolute atomic E-state index is 15.3. The van der Waals surface area contributed by atoms with Gasteiger partial charge in [-0.2, -0.15) is 5.10 Å². The number of nitrogens with zero attached hydrogens (tertiary/aromatic N) is 3. The Balaban J connectivity index is 1.17. The quantitative estimate of drug-likeness (QED) is 0.199. The Kier molecular flexibility index (Phi) is 5.72. The van der Waals surface area contributed by atoms with Gasteiger partial charge >= 0.3 is 0 Å². The summed E-state index contributed by atoms with van der Waals surface area (Å²) in [6, 6.07) is 31.6. The molecule has 0 amide bonds. The van der Waals surface area contributed by atoms with Crippen molar-refractivity contribution in [1.29, 1.82) is 0 Å². The van der Waals surface area contributed by atoms with E-state index in [9.17, 15) is 0 Å². The number of hydrogen-bond donors (Lipinski definition) is 0. The second-order valence-electron chi connectivity index (χ2n) is 12.0. The van der Waals surface area contributed by atoms with Gasteiger partial charge in [0.25, 0.3) is 0 Å². The van der Waals surface area contributed by atoms with Crippen LogP contribution >= 0.6 is 0 Å². The molecule has 0 N–H and O–H groups in total. The second-order valence-corrected chi connectivity index (χ2v) is 12.0. The molecule has 0 spiro atoms. The van der Waals surface area contributed by atoms with Gasteiger partial charge in [0.15, 0.2) is 17.4 Å². The number of benzene rings is 4. The standard InChI is InChI=1S/C38H27F2N3O2/c39-30-20-31(40)35(21-32(30)43-22-27-23-15-16-24(18-23)37(27)42-43)44-26-9-7-8-25(19-26)38(36-14-5-6-17-41-36)28-10-1-3-12-33(28)45-34-13-4-2-11-29(34)38/h1-14,17,19-24H,15-16,18H2/t23-,24+/m0/s1. The van der Waals surface area contributed by atoms with Crippen molar-refractivity contribution in [1.82, 2.24) is 14.8 Å². The summed E-state index contributed by atoms with van der Waals surface area (Å²) in [6.45, 7) is 0. The molecule has 5 nitrogen and oxygen atoms in total. The number of hydrogen-bond acceptors (Lipinski definition) is 4. The van der Waals surface area contributed by atoms with Crippen LogP contribution in [0.15, 0.2) is 116 Å². The van der Waals surface area contributed by atoms with Gasteiger partial charge in [0.05, 0.1) is 16.8 Å². The summed E-state index contributed by atoms with van der Waals surface area (Å²) in [6.07, 6.45) is 7.06. The maximum atomic E-state index is 15.3. The Bertz CT molecular complexity index is 2040. The Hall–Kier alpha value is -5.30. The van der Waals surface area contributed by atoms with Crippen LogP contribution in [0.5, 0.6) is 23.0 Å². The average molecular weight is 596 g/mol. The number of rotatable bonds is 5. The highest BCUT2D eigenvalue weighted by Crippen LogP contribution is 2.55. The van der Waals surface area contributed by atoms with Crippen LogP contribution in [0.2, 0.25) is 0 Å². The number of fused-ring (bicyclic) bond motifs is 7. The van der Waals surface area contributed by atoms with E-state index in [1.165, 1.54) is 11.6 Å². The third-order valence-corrected chi connectivity index (χ3v) is 9.63. The molecular weight excluding hydrogens is 568 g/mol. The zero-order valence-electron chi connectivity index (χ0n) is 24.2. The summed E-state index contributed by atoms with van der Waals surface area (Å²) >= 11 is 0. The van der Waals surface area contributed by atoms with Crippen molar-refractivity contribution in [2.24, 2.45) is 0 Å². The molecule has 2 aromatic heterocycles. The molecule has 3 aliphatic rings. The minimum Gasteiger partial charge on any atom is -0.457 e. The Morgan fingerprint density at radius 1 is 0.778 bits per heavy atom. The van der Waals surface area contributed by atoms with Crippen molar-refractivity contribution in [3.63, 3.8) is 0 Å². The average Bonchev–Trinajstić information content (AvgIpc) is 3.81. The van der Waals surface area contributed by atoms with Gasteiger partial charge in [-0.05, 0) is 72.7 Å². The molecule has 2 atom stereocenters. The topological polar surface area (TPSA) is 49.2 Å². The largest absolute Gasteiger partial charge is 0.457 e. The first-order chi connectivity index (χ1) is 22.1. The van der Waals surface area contributed by atoms with E-state index in [1.54, 1.807) is 16.9 Å². The van der Waals surface area contributed by atoms with E-state index in [1.807, 2.05) is 91.1 Å². The molecule has 220 valence electrons. The summed E-state index contributed by atoms with van der Waals surface area (Å²) in [5.74, 6) is 1.20. The molecular formula is C38H27F2N3O2. The fourth-order valence-corrected chi connectivity index (χ4v) is 7.67. The number of pyridine rings is 1. The molecule has 3 heterocycles. The highest BCUT2D eigenvalue weighted by molar-refractivity contribution is 5.68. The fraction of sp³-hybridized carbons (Fsp3) is 0.158. The monoisotopic (exact) mass is 595 g/mol. The summed E-state index contributed by atoms with van der Waals surface area (Å²) in [5, 5.41) is 4.72. The number of halogens is 2. The summed E-state index contributed by atoms with van der Waals surface area (Å²) < 4.78 is 44.6. The van der Waals surface area contributed by atoms with E-state index in [0.29, 0.717) is 17.6 Å². The molecule has 0 unspecified atom stereocenters. The zero-order valence-corrected chi connectivity index (χ0v) is 24.2. The maximum Gasteiger partial charge on any atom is 0.168 e. The van der Waals surface area contributed by atoms with E-state index in [2.05, 4.69) is 0 Å². The van der Waals surface area contributed by atoms with Gasteiger partial charge in [-0.15, -0.1) is 0 Å². The third-order valence-electron chi connectivity index (χ3n) is 9.63. The molecule has 45 heavy (non-hydrogen) atoms. The molecule has 1 aliphatic heterocycles. The summed E-state index contributed by atoms with van der Waals surface area (Å²) in [7, 11) is 0. The number of ether oxygens (including phenoxy) is 2. The van der Waals surface area contributed by atoms with Gasteiger partial charge in [0.2, 0.25) is 0 Å². The van der Waals surface area contributed by atoms with Crippen LogP contribution in [0.4, 0.5) is 8.78 Å². The molecule has 2 aliphatic carbocycles. The van der Waals surface area contributed by atoms with Crippen LogP contribution in [-0.4, -0.2) is 14.8 Å². The third kappa shape index (κ3) is 3.89. The van der Waals surface area contributed by atoms with Crippen LogP contribution < -0.4 is 9.47 Å². The minimum atomic E-state index is -0.854. The van der Waals surface area contributed by atoms with Crippen LogP contribution in [0.3, 0.4) is 0 Å². The predicted octanol–water partition coefficient (Wildman–Crippen LogP) is 9.19. The van der Waals surface area contributed by atoms with E-state index in [0.717, 1.165) is 64.9 Å². The Morgan fingerprint density at radius 3 is 2.29 bits per heavy atom. The van der Waals surface area contributed by atoms with Gasteiger partial charge in [-0.1, -0.05) is 54.6 Å². The van der Waals surface area contributed by atoms with Crippen molar-refractivity contribution in [3.05, 3.63) is 161 Å². The normalized spacial score (nSPS) is 18.5. The van der Waals surface area contributed by atoms with E-state index in [-0.39, 0.29) is 11.4 Å². The van der Waals surface area contributed by atoms with Gasteiger partial charge < -0.3 is 9.47 Å². The highest BCUT2D eigenvalue weighted by atomic mass is 19.1. The molecule has 9 rings (SSSR count). The minimum absolute atomic E-state index is 0.0816. The van der Waals surface area contributed by atoms with E-state index >= 15 is 8.78 Å². The van der Waals surface area contributed by atoms with Gasteiger partial charge in [-0.3, -0.25) is 4.98 Å². The van der Waals surface area contributed by atoms with Crippen molar-refractivity contribution < 1.29 is 18.3 Å². The SMILES string of the molecule is Fc1cc(F)c(-n2cc3c(n2)[C@@H]2CC[C@H]3C2)cc1Oc1cccc(C2(c3ccccn3)c3ccccc3Oc3ccccc32)c1. The second kappa shape index (κ2) is 9.86. The van der Waals surface area contributed by atoms with Crippen LogP contribution in [0.1, 0.15) is 64.7 Å². The smallest absolute Gasteiger partial charge is 0.168 e. The molecule has 4 aromatic carbocycles. The van der Waals surface area contributed by atoms with Crippen LogP contribution in [0.25, 0.3) is 5.69 Å². The summed E-state index contributed by atoms with van der Waals surface area (Å²) in [4.78, 5) is 4.86. The molecule has 0 saturated heterocycles. The Morgan fingerprint density at radius 2 is 1.53 bits per heavy atom. The first-order valence-corrected chi connectivity index (χ1v) is 15.3. The molecule has 7 heteroatoms. The Labute approximate surface area is 258 Å².